The predicted octanol–water partition coefficient (Wildman–Crippen LogP) is 4.53. The summed E-state index contributed by atoms with van der Waals surface area (Å²) in [6.07, 6.45) is 1.35. The van der Waals surface area contributed by atoms with Crippen molar-refractivity contribution in [3.8, 4) is 5.75 Å². The van der Waals surface area contributed by atoms with Gasteiger partial charge in [-0.15, -0.1) is 11.3 Å². The van der Waals surface area contributed by atoms with Crippen molar-refractivity contribution in [3.63, 3.8) is 0 Å². The second-order valence-electron chi connectivity index (χ2n) is 7.84. The normalized spacial score (nSPS) is 10.9. The lowest BCUT2D eigenvalue weighted by Gasteiger charge is -2.08. The molecule has 4 rings (SSSR count). The molecule has 8 heteroatoms. The molecule has 0 unspecified atom stereocenters. The van der Waals surface area contributed by atoms with Crippen LogP contribution >= 0.6 is 11.3 Å². The largest absolute Gasteiger partial charge is 0.497 e. The molecule has 2 heterocycles. The van der Waals surface area contributed by atoms with Crippen LogP contribution in [-0.2, 0) is 6.54 Å². The van der Waals surface area contributed by atoms with Gasteiger partial charge in [-0.25, -0.2) is 4.98 Å². The van der Waals surface area contributed by atoms with Crippen LogP contribution in [0.25, 0.3) is 10.2 Å². The number of methoxy groups -OCH3 is 1. The number of hydrogen-bond donors (Lipinski definition) is 1. The summed E-state index contributed by atoms with van der Waals surface area (Å²) < 4.78 is 6.44. The summed E-state index contributed by atoms with van der Waals surface area (Å²) in [6.45, 7) is 5.49. The average molecular weight is 462 g/mol. The minimum Gasteiger partial charge on any atom is -0.497 e. The molecular formula is C25H23N3O4S. The van der Waals surface area contributed by atoms with Crippen LogP contribution in [0.3, 0.4) is 0 Å². The number of Topliss-reactive ketones (excluding diaryl/α,β-unsaturated/α-hetero) is 1. The number of hydrogen-bond acceptors (Lipinski definition) is 6. The molecular weight excluding hydrogens is 438 g/mol. The third kappa shape index (κ3) is 4.42. The van der Waals surface area contributed by atoms with Crippen LogP contribution in [0.15, 0.2) is 53.6 Å². The van der Waals surface area contributed by atoms with Gasteiger partial charge in [-0.05, 0) is 50.1 Å². The first-order valence-corrected chi connectivity index (χ1v) is 11.1. The van der Waals surface area contributed by atoms with Crippen molar-refractivity contribution in [2.45, 2.75) is 27.3 Å². The van der Waals surface area contributed by atoms with Crippen molar-refractivity contribution >= 4 is 38.9 Å². The number of ketones is 1. The van der Waals surface area contributed by atoms with Gasteiger partial charge < -0.3 is 10.1 Å². The molecule has 2 aromatic heterocycles. The van der Waals surface area contributed by atoms with Crippen molar-refractivity contribution in [2.75, 3.05) is 12.4 Å². The summed E-state index contributed by atoms with van der Waals surface area (Å²) in [5, 5.41) is 3.28. The Hall–Kier alpha value is -3.78. The maximum Gasteiger partial charge on any atom is 0.266 e. The molecule has 0 spiro atoms. The van der Waals surface area contributed by atoms with Crippen LogP contribution in [0.1, 0.15) is 36.7 Å². The number of rotatable bonds is 6. The van der Waals surface area contributed by atoms with E-state index in [-0.39, 0.29) is 23.8 Å². The van der Waals surface area contributed by atoms with Crippen molar-refractivity contribution < 1.29 is 14.3 Å². The van der Waals surface area contributed by atoms with E-state index in [4.69, 9.17) is 4.74 Å². The Kier molecular flexibility index (Phi) is 6.11. The molecule has 168 valence electrons. The number of carbonyl (C=O) groups excluding carboxylic acids is 2. The number of fused-ring (bicyclic) bond motifs is 1. The standard InChI is InChI=1S/C25H23N3O4S/c1-14-8-9-19(15(2)10-14)27-23(30)22-16(3)21-24(33-22)26-13-28(25(21)31)12-20(29)17-6-5-7-18(11-17)32-4/h5-11,13H,12H2,1-4H3,(H,27,30). The second-order valence-corrected chi connectivity index (χ2v) is 8.84. The molecule has 0 bridgehead atoms. The monoisotopic (exact) mass is 461 g/mol. The van der Waals surface area contributed by atoms with E-state index in [1.165, 1.54) is 29.3 Å². The van der Waals surface area contributed by atoms with Gasteiger partial charge in [0.1, 0.15) is 10.6 Å². The number of thiophene rings is 1. The van der Waals surface area contributed by atoms with Crippen LogP contribution in [-0.4, -0.2) is 28.4 Å². The molecule has 0 radical (unpaired) electrons. The zero-order valence-corrected chi connectivity index (χ0v) is 19.6. The highest BCUT2D eigenvalue weighted by Gasteiger charge is 2.21. The van der Waals surface area contributed by atoms with Crippen molar-refractivity contribution in [1.29, 1.82) is 0 Å². The van der Waals surface area contributed by atoms with Crippen LogP contribution < -0.4 is 15.6 Å². The first-order chi connectivity index (χ1) is 15.8. The fraction of sp³-hybridized carbons (Fsp3) is 0.200. The lowest BCUT2D eigenvalue weighted by atomic mass is 10.1. The summed E-state index contributed by atoms with van der Waals surface area (Å²) in [7, 11) is 1.53. The van der Waals surface area contributed by atoms with Crippen LogP contribution in [0.4, 0.5) is 5.69 Å². The number of carbonyl (C=O) groups is 2. The van der Waals surface area contributed by atoms with E-state index in [1.807, 2.05) is 32.0 Å². The van der Waals surface area contributed by atoms with E-state index in [0.29, 0.717) is 32.0 Å². The SMILES string of the molecule is COc1cccc(C(=O)Cn2cnc3sc(C(=O)Nc4ccc(C)cc4C)c(C)c3c2=O)c1. The Morgan fingerprint density at radius 1 is 1.12 bits per heavy atom. The van der Waals surface area contributed by atoms with E-state index in [2.05, 4.69) is 10.3 Å². The number of anilines is 1. The molecule has 0 aliphatic heterocycles. The Morgan fingerprint density at radius 3 is 2.64 bits per heavy atom. The molecule has 0 fully saturated rings. The van der Waals surface area contributed by atoms with E-state index in [9.17, 15) is 14.4 Å². The maximum atomic E-state index is 13.1. The Balaban J connectivity index is 1.64. The lowest BCUT2D eigenvalue weighted by Crippen LogP contribution is -2.24. The molecule has 0 saturated carbocycles. The summed E-state index contributed by atoms with van der Waals surface area (Å²) in [5.74, 6) is 0.0358. The molecule has 7 nitrogen and oxygen atoms in total. The smallest absolute Gasteiger partial charge is 0.266 e. The van der Waals surface area contributed by atoms with Crippen molar-refractivity contribution in [3.05, 3.63) is 86.3 Å². The first kappa shape index (κ1) is 22.4. The van der Waals surface area contributed by atoms with Crippen LogP contribution in [0, 0.1) is 20.8 Å². The highest BCUT2D eigenvalue weighted by molar-refractivity contribution is 7.20. The lowest BCUT2D eigenvalue weighted by molar-refractivity contribution is 0.0969. The summed E-state index contributed by atoms with van der Waals surface area (Å²) in [5.41, 5.74) is 3.43. The highest BCUT2D eigenvalue weighted by Crippen LogP contribution is 2.28. The number of amides is 1. The van der Waals surface area contributed by atoms with E-state index in [0.717, 1.165) is 16.8 Å². The number of aromatic nitrogens is 2. The summed E-state index contributed by atoms with van der Waals surface area (Å²) in [4.78, 5) is 44.1. The fourth-order valence-electron chi connectivity index (χ4n) is 3.66. The number of ether oxygens (including phenoxy) is 1. The van der Waals surface area contributed by atoms with E-state index in [1.54, 1.807) is 31.2 Å². The molecule has 2 aromatic carbocycles. The molecule has 33 heavy (non-hydrogen) atoms. The minimum atomic E-state index is -0.351. The van der Waals surface area contributed by atoms with Gasteiger partial charge >= 0.3 is 0 Å². The number of nitrogens with zero attached hydrogens (tertiary/aromatic N) is 2. The number of aryl methyl sites for hydroxylation is 3. The Morgan fingerprint density at radius 2 is 1.91 bits per heavy atom. The second kappa shape index (κ2) is 8.99. The van der Waals surface area contributed by atoms with Crippen molar-refractivity contribution in [1.82, 2.24) is 9.55 Å². The van der Waals surface area contributed by atoms with Crippen LogP contribution in [0.5, 0.6) is 5.75 Å². The van der Waals surface area contributed by atoms with Crippen molar-refractivity contribution in [2.24, 2.45) is 0 Å². The maximum absolute atomic E-state index is 13.1. The van der Waals surface area contributed by atoms with E-state index >= 15 is 0 Å². The van der Waals surface area contributed by atoms with Crippen LogP contribution in [0.2, 0.25) is 0 Å². The first-order valence-electron chi connectivity index (χ1n) is 10.3. The molecule has 1 amide bonds. The highest BCUT2D eigenvalue weighted by atomic mass is 32.1. The molecule has 0 aliphatic rings. The van der Waals surface area contributed by atoms with Gasteiger partial charge in [0.15, 0.2) is 5.78 Å². The van der Waals surface area contributed by atoms with Gasteiger partial charge in [0, 0.05) is 11.3 Å². The van der Waals surface area contributed by atoms with Gasteiger partial charge in [-0.1, -0.05) is 29.8 Å². The molecule has 1 N–H and O–H groups in total. The third-order valence-corrected chi connectivity index (χ3v) is 6.66. The molecule has 4 aromatic rings. The van der Waals surface area contributed by atoms with Gasteiger partial charge in [0.25, 0.3) is 11.5 Å². The van der Waals surface area contributed by atoms with Gasteiger partial charge in [-0.2, -0.15) is 0 Å². The van der Waals surface area contributed by atoms with Gasteiger partial charge in [0.05, 0.1) is 30.2 Å². The Labute approximate surface area is 194 Å². The third-order valence-electron chi connectivity index (χ3n) is 5.46. The van der Waals surface area contributed by atoms with E-state index < -0.39 is 0 Å². The zero-order chi connectivity index (χ0) is 23.7. The zero-order valence-electron chi connectivity index (χ0n) is 18.8. The van der Waals surface area contributed by atoms with Gasteiger partial charge in [-0.3, -0.25) is 19.0 Å². The van der Waals surface area contributed by atoms with Gasteiger partial charge in [0.2, 0.25) is 0 Å². The Bertz CT molecular complexity index is 1450. The summed E-state index contributed by atoms with van der Waals surface area (Å²) in [6, 6.07) is 12.6. The number of benzene rings is 2. The fourth-order valence-corrected chi connectivity index (χ4v) is 4.70. The molecule has 0 atom stereocenters. The minimum absolute atomic E-state index is 0.158. The average Bonchev–Trinajstić information content (AvgIpc) is 3.14. The predicted molar refractivity (Wildman–Crippen MR) is 130 cm³/mol. The molecule has 0 saturated heterocycles. The summed E-state index contributed by atoms with van der Waals surface area (Å²) >= 11 is 1.17. The quantitative estimate of drug-likeness (QED) is 0.426. The number of nitrogens with one attached hydrogen (secondary N) is 1. The molecule has 0 aliphatic carbocycles. The topological polar surface area (TPSA) is 90.3 Å².